The first-order valence-corrected chi connectivity index (χ1v) is 11.7. The van der Waals surface area contributed by atoms with Gasteiger partial charge in [0, 0.05) is 29.2 Å². The Kier molecular flexibility index (Phi) is 5.41. The lowest BCUT2D eigenvalue weighted by Gasteiger charge is -2.30. The molecule has 164 valence electrons. The molecule has 5 rings (SSSR count). The smallest absolute Gasteiger partial charge is 0.273 e. The number of carbonyl (C=O) groups excluding carboxylic acids is 2. The van der Waals surface area contributed by atoms with Crippen molar-refractivity contribution in [2.75, 3.05) is 5.32 Å². The van der Waals surface area contributed by atoms with Crippen LogP contribution in [0, 0.1) is 0 Å². The van der Waals surface area contributed by atoms with Crippen molar-refractivity contribution in [2.45, 2.75) is 64.5 Å². The van der Waals surface area contributed by atoms with Crippen molar-refractivity contribution in [1.82, 2.24) is 9.88 Å². The lowest BCUT2D eigenvalue weighted by molar-refractivity contribution is 0.0655. The molecule has 1 saturated carbocycles. The van der Waals surface area contributed by atoms with E-state index in [1.807, 2.05) is 53.4 Å². The Balaban J connectivity index is 1.53. The highest BCUT2D eigenvalue weighted by atomic mass is 16.2. The van der Waals surface area contributed by atoms with E-state index in [1.54, 1.807) is 0 Å². The van der Waals surface area contributed by atoms with Crippen molar-refractivity contribution in [1.29, 1.82) is 0 Å². The number of anilines is 1. The van der Waals surface area contributed by atoms with Gasteiger partial charge in [-0.3, -0.25) is 9.59 Å². The molecule has 1 aromatic heterocycles. The highest BCUT2D eigenvalue weighted by molar-refractivity contribution is 6.16. The van der Waals surface area contributed by atoms with Crippen LogP contribution in [0.25, 0.3) is 10.9 Å². The molecular formula is C27H29N3O2. The molecule has 5 nitrogen and oxygen atoms in total. The quantitative estimate of drug-likeness (QED) is 0.564. The Bertz CT molecular complexity index is 1180. The fourth-order valence-corrected chi connectivity index (χ4v) is 5.05. The third kappa shape index (κ3) is 3.66. The van der Waals surface area contributed by atoms with Gasteiger partial charge in [-0.1, -0.05) is 63.4 Å². The van der Waals surface area contributed by atoms with E-state index in [0.29, 0.717) is 29.2 Å². The van der Waals surface area contributed by atoms with E-state index in [-0.39, 0.29) is 17.9 Å². The summed E-state index contributed by atoms with van der Waals surface area (Å²) >= 11 is 0. The first-order chi connectivity index (χ1) is 15.5. The van der Waals surface area contributed by atoms with Gasteiger partial charge < -0.3 is 10.2 Å². The van der Waals surface area contributed by atoms with E-state index in [9.17, 15) is 9.59 Å². The summed E-state index contributed by atoms with van der Waals surface area (Å²) in [5.41, 5.74) is 4.44. The van der Waals surface area contributed by atoms with Crippen LogP contribution in [0.1, 0.15) is 83.8 Å². The zero-order valence-electron chi connectivity index (χ0n) is 18.7. The van der Waals surface area contributed by atoms with E-state index in [1.165, 1.54) is 12.0 Å². The van der Waals surface area contributed by atoms with Crippen molar-refractivity contribution >= 4 is 28.4 Å². The second kappa shape index (κ2) is 8.38. The van der Waals surface area contributed by atoms with Crippen LogP contribution in [-0.2, 0) is 6.54 Å². The Hall–Kier alpha value is -3.21. The van der Waals surface area contributed by atoms with E-state index in [4.69, 9.17) is 4.98 Å². The highest BCUT2D eigenvalue weighted by Gasteiger charge is 2.38. The minimum absolute atomic E-state index is 0.0343. The third-order valence-electron chi connectivity index (χ3n) is 6.86. The van der Waals surface area contributed by atoms with Gasteiger partial charge in [0.2, 0.25) is 0 Å². The van der Waals surface area contributed by atoms with Gasteiger partial charge in [0.25, 0.3) is 11.8 Å². The predicted molar refractivity (Wildman–Crippen MR) is 127 cm³/mol. The molecule has 32 heavy (non-hydrogen) atoms. The summed E-state index contributed by atoms with van der Waals surface area (Å²) in [6, 6.07) is 15.8. The number of benzene rings is 2. The minimum atomic E-state index is -0.185. The second-order valence-electron chi connectivity index (χ2n) is 9.29. The summed E-state index contributed by atoms with van der Waals surface area (Å²) in [7, 11) is 0. The number of para-hydroxylation sites is 1. The fraction of sp³-hybridized carbons (Fsp3) is 0.370. The van der Waals surface area contributed by atoms with Crippen LogP contribution in [0.2, 0.25) is 0 Å². The molecule has 1 fully saturated rings. The van der Waals surface area contributed by atoms with Gasteiger partial charge in [-0.15, -0.1) is 0 Å². The summed E-state index contributed by atoms with van der Waals surface area (Å²) in [5, 5.41) is 3.85. The molecule has 1 aliphatic heterocycles. The third-order valence-corrected chi connectivity index (χ3v) is 6.86. The maximum absolute atomic E-state index is 13.5. The molecule has 0 saturated heterocycles. The number of carbonyl (C=O) groups is 2. The molecule has 2 heterocycles. The molecule has 3 aromatic rings. The molecule has 0 unspecified atom stereocenters. The average Bonchev–Trinajstić information content (AvgIpc) is 3.14. The van der Waals surface area contributed by atoms with Crippen molar-refractivity contribution in [2.24, 2.45) is 0 Å². The fourth-order valence-electron chi connectivity index (χ4n) is 5.05. The van der Waals surface area contributed by atoms with Gasteiger partial charge in [0.15, 0.2) is 0 Å². The monoisotopic (exact) mass is 427 g/mol. The van der Waals surface area contributed by atoms with Gasteiger partial charge in [-0.2, -0.15) is 0 Å². The van der Waals surface area contributed by atoms with Crippen LogP contribution in [0.15, 0.2) is 48.5 Å². The number of nitrogens with zero attached hydrogens (tertiary/aromatic N) is 2. The zero-order chi connectivity index (χ0) is 22.2. The first kappa shape index (κ1) is 20.7. The van der Waals surface area contributed by atoms with Crippen LogP contribution in [0.5, 0.6) is 0 Å². The van der Waals surface area contributed by atoms with Gasteiger partial charge in [0.05, 0.1) is 11.1 Å². The summed E-state index contributed by atoms with van der Waals surface area (Å²) in [6.45, 7) is 4.76. The Morgan fingerprint density at radius 1 is 1.03 bits per heavy atom. The highest BCUT2D eigenvalue weighted by Crippen LogP contribution is 2.35. The normalized spacial score (nSPS) is 16.6. The molecule has 0 bridgehead atoms. The first-order valence-electron chi connectivity index (χ1n) is 11.7. The van der Waals surface area contributed by atoms with Crippen LogP contribution < -0.4 is 5.32 Å². The lowest BCUT2D eigenvalue weighted by atomic mass is 9.94. The van der Waals surface area contributed by atoms with E-state index in [2.05, 4.69) is 19.2 Å². The molecule has 0 atom stereocenters. The van der Waals surface area contributed by atoms with Gasteiger partial charge in [-0.05, 0) is 42.5 Å². The summed E-state index contributed by atoms with van der Waals surface area (Å²) in [6.07, 6.45) is 5.60. The maximum atomic E-state index is 13.5. The molecule has 2 aromatic carbocycles. The molecule has 5 heteroatoms. The number of fused-ring (bicyclic) bond motifs is 2. The number of hydrogen-bond acceptors (Lipinski definition) is 3. The van der Waals surface area contributed by atoms with E-state index >= 15 is 0 Å². The molecule has 0 spiro atoms. The number of rotatable bonds is 4. The maximum Gasteiger partial charge on any atom is 0.273 e. The molecular weight excluding hydrogens is 398 g/mol. The van der Waals surface area contributed by atoms with Crippen LogP contribution in [0.3, 0.4) is 0 Å². The molecule has 0 radical (unpaired) electrons. The molecule has 1 N–H and O–H groups in total. The Labute approximate surface area is 188 Å². The summed E-state index contributed by atoms with van der Waals surface area (Å²) < 4.78 is 0. The zero-order valence-corrected chi connectivity index (χ0v) is 18.7. The molecule has 2 amide bonds. The van der Waals surface area contributed by atoms with Crippen molar-refractivity contribution in [3.63, 3.8) is 0 Å². The summed E-state index contributed by atoms with van der Waals surface area (Å²) in [4.78, 5) is 33.5. The van der Waals surface area contributed by atoms with Crippen molar-refractivity contribution < 1.29 is 9.59 Å². The van der Waals surface area contributed by atoms with Gasteiger partial charge in [-0.25, -0.2) is 4.98 Å². The number of hydrogen-bond donors (Lipinski definition) is 1. The van der Waals surface area contributed by atoms with Crippen LogP contribution in [-0.4, -0.2) is 27.7 Å². The number of pyridine rings is 1. The van der Waals surface area contributed by atoms with E-state index in [0.717, 1.165) is 42.3 Å². The molecule has 2 aliphatic rings. The number of aromatic nitrogens is 1. The summed E-state index contributed by atoms with van der Waals surface area (Å²) in [5.74, 6) is 0.215. The minimum Gasteiger partial charge on any atom is -0.330 e. The average molecular weight is 428 g/mol. The lowest BCUT2D eigenvalue weighted by Crippen LogP contribution is -2.37. The number of nitrogens with one attached hydrogen (secondary N) is 1. The Morgan fingerprint density at radius 2 is 1.75 bits per heavy atom. The topological polar surface area (TPSA) is 62.3 Å². The van der Waals surface area contributed by atoms with Gasteiger partial charge >= 0.3 is 0 Å². The van der Waals surface area contributed by atoms with E-state index < -0.39 is 0 Å². The van der Waals surface area contributed by atoms with Crippen LogP contribution >= 0.6 is 0 Å². The standard InChI is InChI=1S/C27H29N3O2/c1-17(2)18-12-14-19(15-13-18)28-26(31)24-21-10-6-7-11-23(21)29-25-22(24)16-30(27(25)32)20-8-4-3-5-9-20/h6-7,10-15,17,20H,3-5,8-9,16H2,1-2H3,(H,28,31). The van der Waals surface area contributed by atoms with Crippen molar-refractivity contribution in [3.05, 3.63) is 70.9 Å². The predicted octanol–water partition coefficient (Wildman–Crippen LogP) is 5.90. The Morgan fingerprint density at radius 3 is 2.47 bits per heavy atom. The largest absolute Gasteiger partial charge is 0.330 e. The number of amides is 2. The second-order valence-corrected chi connectivity index (χ2v) is 9.29. The SMILES string of the molecule is CC(C)c1ccc(NC(=O)c2c3c(nc4ccccc24)C(=O)N(C2CCCCC2)C3)cc1. The molecule has 1 aliphatic carbocycles. The van der Waals surface area contributed by atoms with Gasteiger partial charge in [0.1, 0.15) is 5.69 Å². The van der Waals surface area contributed by atoms with Crippen molar-refractivity contribution in [3.8, 4) is 0 Å². The van der Waals surface area contributed by atoms with Crippen LogP contribution in [0.4, 0.5) is 5.69 Å².